The number of ether oxygens (including phenoxy) is 2. The Morgan fingerprint density at radius 1 is 1.07 bits per heavy atom. The molecule has 2 fully saturated rings. The van der Waals surface area contributed by atoms with Gasteiger partial charge in [-0.1, -0.05) is 12.5 Å². The van der Waals surface area contributed by atoms with Crippen molar-refractivity contribution in [1.82, 2.24) is 9.88 Å². The molecule has 3 heterocycles. The van der Waals surface area contributed by atoms with Gasteiger partial charge in [-0.3, -0.25) is 9.88 Å². The van der Waals surface area contributed by atoms with Crippen LogP contribution < -0.4 is 4.74 Å². The molecule has 1 atom stereocenters. The third kappa shape index (κ3) is 3.24. The highest BCUT2D eigenvalue weighted by atomic mass is 16.7. The van der Waals surface area contributed by atoms with Crippen molar-refractivity contribution < 1.29 is 14.6 Å². The second kappa shape index (κ2) is 6.89. The molecule has 1 unspecified atom stereocenters. The molecule has 0 amide bonds. The lowest BCUT2D eigenvalue weighted by Crippen LogP contribution is -2.54. The van der Waals surface area contributed by atoms with E-state index in [1.165, 1.54) is 19.3 Å². The monoisotopic (exact) mass is 366 g/mol. The number of hydrogen-bond donors (Lipinski definition) is 1. The number of piperidine rings is 1. The number of pyridine rings is 1. The fourth-order valence-corrected chi connectivity index (χ4v) is 4.39. The predicted octanol–water partition coefficient (Wildman–Crippen LogP) is 3.42. The first-order chi connectivity index (χ1) is 13.2. The summed E-state index contributed by atoms with van der Waals surface area (Å²) in [5.74, 6) is 0.419. The van der Waals surface area contributed by atoms with Gasteiger partial charge in [0.05, 0.1) is 6.61 Å². The van der Waals surface area contributed by atoms with Crippen LogP contribution in [0.2, 0.25) is 0 Å². The minimum atomic E-state index is -0.667. The molecule has 1 N–H and O–H groups in total. The molecule has 0 bridgehead atoms. The zero-order valence-corrected chi connectivity index (χ0v) is 15.5. The molecule has 3 aliphatic rings. The van der Waals surface area contributed by atoms with Crippen LogP contribution in [-0.2, 0) is 11.3 Å². The first-order valence-electron chi connectivity index (χ1n) is 10.0. The van der Waals surface area contributed by atoms with Crippen molar-refractivity contribution in [2.45, 2.75) is 56.6 Å². The van der Waals surface area contributed by atoms with Crippen molar-refractivity contribution in [3.8, 4) is 5.75 Å². The van der Waals surface area contributed by atoms with E-state index in [0.29, 0.717) is 6.61 Å². The van der Waals surface area contributed by atoms with Gasteiger partial charge in [0.25, 0.3) is 0 Å². The molecule has 1 saturated carbocycles. The zero-order valence-electron chi connectivity index (χ0n) is 15.5. The summed E-state index contributed by atoms with van der Waals surface area (Å²) < 4.78 is 12.6. The van der Waals surface area contributed by atoms with Crippen molar-refractivity contribution in [2.75, 3.05) is 13.1 Å². The normalized spacial score (nSPS) is 23.3. The number of nitrogens with zero attached hydrogens (tertiary/aromatic N) is 2. The van der Waals surface area contributed by atoms with Crippen molar-refractivity contribution in [2.24, 2.45) is 0 Å². The lowest BCUT2D eigenvalue weighted by molar-refractivity contribution is -0.231. The molecule has 1 spiro atoms. The summed E-state index contributed by atoms with van der Waals surface area (Å²) in [6, 6.07) is 10.4. The molecule has 5 nitrogen and oxygen atoms in total. The lowest BCUT2D eigenvalue weighted by atomic mass is 9.89. The summed E-state index contributed by atoms with van der Waals surface area (Å²) in [5.41, 5.74) is 2.69. The van der Waals surface area contributed by atoms with Crippen LogP contribution in [0.5, 0.6) is 5.75 Å². The number of likely N-dealkylation sites (tertiary alicyclic amines) is 1. The average molecular weight is 366 g/mol. The van der Waals surface area contributed by atoms with Gasteiger partial charge in [-0.2, -0.15) is 0 Å². The molecule has 0 radical (unpaired) electrons. The van der Waals surface area contributed by atoms with Crippen molar-refractivity contribution in [3.63, 3.8) is 0 Å². The quantitative estimate of drug-likeness (QED) is 0.902. The van der Waals surface area contributed by atoms with Gasteiger partial charge >= 0.3 is 0 Å². The van der Waals surface area contributed by atoms with Crippen molar-refractivity contribution in [3.05, 3.63) is 59.4 Å². The molecule has 1 aromatic carbocycles. The second-order valence-electron chi connectivity index (χ2n) is 7.97. The number of benzene rings is 1. The Morgan fingerprint density at radius 3 is 2.56 bits per heavy atom. The van der Waals surface area contributed by atoms with Gasteiger partial charge in [-0.25, -0.2) is 0 Å². The molecule has 2 aromatic rings. The first kappa shape index (κ1) is 17.2. The Kier molecular flexibility index (Phi) is 4.38. The number of fused-ring (bicyclic) bond motifs is 1. The molecular formula is C22H26N2O3. The fourth-order valence-electron chi connectivity index (χ4n) is 4.39. The zero-order chi connectivity index (χ0) is 18.3. The van der Waals surface area contributed by atoms with Gasteiger partial charge in [0.15, 0.2) is 0 Å². The first-order valence-corrected chi connectivity index (χ1v) is 10.0. The van der Waals surface area contributed by atoms with Gasteiger partial charge in [0.2, 0.25) is 5.79 Å². The van der Waals surface area contributed by atoms with E-state index in [4.69, 9.17) is 9.47 Å². The van der Waals surface area contributed by atoms with Crippen LogP contribution in [0, 0.1) is 0 Å². The highest BCUT2D eigenvalue weighted by Crippen LogP contribution is 2.40. The SMILES string of the molecule is OC(c1ccncc1)c1ccc2c(c1)COC1(CCN(C3CCC3)CC1)O2. The van der Waals surface area contributed by atoms with Crippen LogP contribution in [0.1, 0.15) is 54.9 Å². The second-order valence-corrected chi connectivity index (χ2v) is 7.97. The third-order valence-corrected chi connectivity index (χ3v) is 6.36. The molecule has 1 aliphatic carbocycles. The summed E-state index contributed by atoms with van der Waals surface area (Å²) in [7, 11) is 0. The lowest BCUT2D eigenvalue weighted by Gasteiger charge is -2.47. The van der Waals surface area contributed by atoms with Gasteiger partial charge in [-0.15, -0.1) is 0 Å². The van der Waals surface area contributed by atoms with Crippen LogP contribution in [0.25, 0.3) is 0 Å². The van der Waals surface area contributed by atoms with Gasteiger partial charge in [0, 0.05) is 49.9 Å². The van der Waals surface area contributed by atoms with Crippen LogP contribution in [0.4, 0.5) is 0 Å². The van der Waals surface area contributed by atoms with E-state index < -0.39 is 11.9 Å². The maximum Gasteiger partial charge on any atom is 0.213 e. The number of rotatable bonds is 3. The van der Waals surface area contributed by atoms with E-state index >= 15 is 0 Å². The molecule has 2 aliphatic heterocycles. The molecular weight excluding hydrogens is 340 g/mol. The number of aromatic nitrogens is 1. The maximum atomic E-state index is 10.6. The number of aliphatic hydroxyl groups excluding tert-OH is 1. The van der Waals surface area contributed by atoms with E-state index in [1.807, 2.05) is 30.3 Å². The Morgan fingerprint density at radius 2 is 1.85 bits per heavy atom. The van der Waals surface area contributed by atoms with Gasteiger partial charge in [0.1, 0.15) is 11.9 Å². The molecule has 5 rings (SSSR count). The smallest absolute Gasteiger partial charge is 0.213 e. The third-order valence-electron chi connectivity index (χ3n) is 6.36. The van der Waals surface area contributed by atoms with E-state index in [1.54, 1.807) is 12.4 Å². The average Bonchev–Trinajstić information content (AvgIpc) is 2.68. The summed E-state index contributed by atoms with van der Waals surface area (Å²) >= 11 is 0. The molecule has 1 saturated heterocycles. The molecule has 142 valence electrons. The Hall–Kier alpha value is -1.95. The van der Waals surface area contributed by atoms with Crippen molar-refractivity contribution in [1.29, 1.82) is 0 Å². The summed E-state index contributed by atoms with van der Waals surface area (Å²) in [6.45, 7) is 2.65. The largest absolute Gasteiger partial charge is 0.462 e. The summed E-state index contributed by atoms with van der Waals surface area (Å²) in [4.78, 5) is 6.61. The summed E-state index contributed by atoms with van der Waals surface area (Å²) in [5, 5.41) is 10.6. The topological polar surface area (TPSA) is 54.8 Å². The Bertz CT molecular complexity index is 798. The minimum absolute atomic E-state index is 0.474. The van der Waals surface area contributed by atoms with E-state index in [9.17, 15) is 5.11 Å². The Labute approximate surface area is 159 Å². The minimum Gasteiger partial charge on any atom is -0.462 e. The highest BCUT2D eigenvalue weighted by Gasteiger charge is 2.42. The molecule has 5 heteroatoms. The van der Waals surface area contributed by atoms with E-state index in [2.05, 4.69) is 9.88 Å². The Balaban J connectivity index is 1.29. The maximum absolute atomic E-state index is 10.6. The standard InChI is InChI=1S/C22H26N2O3/c25-21(16-6-10-23-11-7-16)17-4-5-20-18(14-17)15-26-22(27-20)8-12-24(13-9-22)19-2-1-3-19/h4-7,10-11,14,19,21,25H,1-3,8-9,12-13,15H2. The van der Waals surface area contributed by atoms with E-state index in [-0.39, 0.29) is 0 Å². The highest BCUT2D eigenvalue weighted by molar-refractivity contribution is 5.41. The molecule has 27 heavy (non-hydrogen) atoms. The van der Waals surface area contributed by atoms with Crippen LogP contribution >= 0.6 is 0 Å². The van der Waals surface area contributed by atoms with E-state index in [0.717, 1.165) is 54.4 Å². The fraction of sp³-hybridized carbons (Fsp3) is 0.500. The predicted molar refractivity (Wildman–Crippen MR) is 101 cm³/mol. The summed E-state index contributed by atoms with van der Waals surface area (Å²) in [6.07, 6.45) is 8.64. The van der Waals surface area contributed by atoms with Crippen LogP contribution in [0.3, 0.4) is 0 Å². The van der Waals surface area contributed by atoms with Gasteiger partial charge in [-0.05, 0) is 48.2 Å². The number of hydrogen-bond acceptors (Lipinski definition) is 5. The van der Waals surface area contributed by atoms with Gasteiger partial charge < -0.3 is 14.6 Å². The van der Waals surface area contributed by atoms with Crippen LogP contribution in [0.15, 0.2) is 42.7 Å². The molecule has 1 aromatic heterocycles. The van der Waals surface area contributed by atoms with Crippen molar-refractivity contribution >= 4 is 0 Å². The number of aliphatic hydroxyl groups is 1. The van der Waals surface area contributed by atoms with Crippen LogP contribution in [-0.4, -0.2) is 39.9 Å².